The normalized spacial score (nSPS) is 20.1. The maximum atomic E-state index is 14.3. The number of ether oxygens (including phenoxy) is 2. The summed E-state index contributed by atoms with van der Waals surface area (Å²) in [6.45, 7) is 7.74. The molecule has 4 rings (SSSR count). The molecule has 4 atom stereocenters. The Balaban J connectivity index is 1.57. The number of anilines is 2. The first kappa shape index (κ1) is 37.7. The second-order valence-corrected chi connectivity index (χ2v) is 12.8. The number of nitrogens with one attached hydrogen (secondary N) is 2. The number of likely N-dealkylation sites (N-methyl/N-ethyl adjacent to an activating group) is 1. The van der Waals surface area contributed by atoms with Crippen molar-refractivity contribution in [3.05, 3.63) is 89.5 Å². The van der Waals surface area contributed by atoms with E-state index >= 15 is 0 Å². The monoisotopic (exact) mass is 684 g/mol. The summed E-state index contributed by atoms with van der Waals surface area (Å²) in [6.07, 6.45) is -2.45. The van der Waals surface area contributed by atoms with E-state index in [-0.39, 0.29) is 47.6 Å². The van der Waals surface area contributed by atoms with Crippen molar-refractivity contribution >= 4 is 23.3 Å². The third kappa shape index (κ3) is 11.2. The summed E-state index contributed by atoms with van der Waals surface area (Å²) in [6, 6.07) is 17.8. The van der Waals surface area contributed by atoms with Gasteiger partial charge >= 0.3 is 12.2 Å². The molecule has 0 aliphatic carbocycles. The van der Waals surface area contributed by atoms with Crippen LogP contribution < -0.4 is 15.4 Å². The predicted molar refractivity (Wildman–Crippen MR) is 184 cm³/mol. The number of alkyl halides is 3. The van der Waals surface area contributed by atoms with Crippen molar-refractivity contribution in [2.45, 2.75) is 71.0 Å². The van der Waals surface area contributed by atoms with Gasteiger partial charge in [0.25, 0.3) is 5.91 Å². The van der Waals surface area contributed by atoms with Gasteiger partial charge in [-0.3, -0.25) is 9.69 Å². The topological polar surface area (TPSA) is 103 Å². The molecule has 0 saturated heterocycles. The lowest BCUT2D eigenvalue weighted by Crippen LogP contribution is -2.47. The summed E-state index contributed by atoms with van der Waals surface area (Å²) < 4.78 is 51.5. The Hall–Kier alpha value is -4.13. The van der Waals surface area contributed by atoms with Crippen LogP contribution in [0.4, 0.5) is 29.3 Å². The number of carbonyl (C=O) groups excluding carboxylic acids is 2. The molecule has 9 nitrogen and oxygen atoms in total. The van der Waals surface area contributed by atoms with Gasteiger partial charge < -0.3 is 30.1 Å². The summed E-state index contributed by atoms with van der Waals surface area (Å²) in [7, 11) is 2.05. The number of amides is 3. The molecule has 1 aliphatic heterocycles. The van der Waals surface area contributed by atoms with E-state index in [1.54, 1.807) is 24.0 Å². The van der Waals surface area contributed by atoms with Gasteiger partial charge in [-0.1, -0.05) is 37.3 Å². The Labute approximate surface area is 286 Å². The van der Waals surface area contributed by atoms with Gasteiger partial charge in [-0.15, -0.1) is 0 Å². The Morgan fingerprint density at radius 2 is 1.69 bits per heavy atom. The molecule has 3 aromatic rings. The zero-order valence-electron chi connectivity index (χ0n) is 28.5. The van der Waals surface area contributed by atoms with Gasteiger partial charge in [-0.05, 0) is 88.2 Å². The zero-order chi connectivity index (χ0) is 35.6. The van der Waals surface area contributed by atoms with Crippen LogP contribution in [0, 0.1) is 5.92 Å². The standard InChI is InChI=1S/C37H47F3N4O5/c1-25-21-44(26(2)24-45)35(46)32-20-31(42-36(47)41-30-15-13-29(14-16-30)37(38,39)40)17-18-33(32)49-27(3)10-8-9-19-48-34(25)23-43(4)22-28-11-6-5-7-12-28/h5-7,11-18,20,25-27,34,45H,8-10,19,21-24H2,1-4H3,(H2,41,42,47)/t25-,26+,27+,34-/m0/s1. The Bertz CT molecular complexity index is 1510. The van der Waals surface area contributed by atoms with Gasteiger partial charge in [0, 0.05) is 43.5 Å². The number of hydrogen-bond acceptors (Lipinski definition) is 6. The molecule has 0 bridgehead atoms. The van der Waals surface area contributed by atoms with Crippen LogP contribution in [0.2, 0.25) is 0 Å². The van der Waals surface area contributed by atoms with Gasteiger partial charge in [0.05, 0.1) is 36.0 Å². The Morgan fingerprint density at radius 1 is 1.02 bits per heavy atom. The van der Waals surface area contributed by atoms with Crippen LogP contribution in [0.15, 0.2) is 72.8 Å². The molecule has 0 saturated carbocycles. The highest BCUT2D eigenvalue weighted by Gasteiger charge is 2.31. The maximum absolute atomic E-state index is 14.3. The summed E-state index contributed by atoms with van der Waals surface area (Å²) in [5.74, 6) is -0.129. The molecule has 0 radical (unpaired) electrons. The largest absolute Gasteiger partial charge is 0.490 e. The van der Waals surface area contributed by atoms with E-state index in [0.29, 0.717) is 25.4 Å². The predicted octanol–water partition coefficient (Wildman–Crippen LogP) is 7.28. The van der Waals surface area contributed by atoms with E-state index in [2.05, 4.69) is 27.7 Å². The first-order valence-electron chi connectivity index (χ1n) is 16.7. The fourth-order valence-electron chi connectivity index (χ4n) is 5.77. The van der Waals surface area contributed by atoms with E-state index in [1.807, 2.05) is 39.1 Å². The SMILES string of the molecule is C[C@@H]1CCCCO[C@@H](CN(C)Cc2ccccc2)[C@@H](C)CN([C@H](C)CO)C(=O)c2cc(NC(=O)Nc3ccc(C(F)(F)F)cc3)ccc2O1. The van der Waals surface area contributed by atoms with Crippen molar-refractivity contribution in [3.63, 3.8) is 0 Å². The minimum absolute atomic E-state index is 0.0989. The van der Waals surface area contributed by atoms with Crippen LogP contribution in [0.25, 0.3) is 0 Å². The van der Waals surface area contributed by atoms with E-state index < -0.39 is 23.8 Å². The molecule has 0 fully saturated rings. The first-order valence-corrected chi connectivity index (χ1v) is 16.7. The quantitative estimate of drug-likeness (QED) is 0.231. The molecule has 3 amide bonds. The highest BCUT2D eigenvalue weighted by atomic mass is 19.4. The molecule has 1 heterocycles. The van der Waals surface area contributed by atoms with E-state index in [9.17, 15) is 27.9 Å². The number of benzene rings is 3. The van der Waals surface area contributed by atoms with Crippen molar-refractivity contribution in [2.75, 3.05) is 44.0 Å². The molecular formula is C37H47F3N4O5. The Morgan fingerprint density at radius 3 is 2.37 bits per heavy atom. The summed E-state index contributed by atoms with van der Waals surface area (Å²) in [5, 5.41) is 15.4. The van der Waals surface area contributed by atoms with Crippen molar-refractivity contribution in [1.29, 1.82) is 0 Å². The first-order chi connectivity index (χ1) is 23.3. The number of rotatable bonds is 8. The molecule has 49 heavy (non-hydrogen) atoms. The van der Waals surface area contributed by atoms with Crippen molar-refractivity contribution in [1.82, 2.24) is 9.80 Å². The van der Waals surface area contributed by atoms with Crippen molar-refractivity contribution < 1.29 is 37.3 Å². The fourth-order valence-corrected chi connectivity index (χ4v) is 5.77. The minimum atomic E-state index is -4.49. The third-order valence-corrected chi connectivity index (χ3v) is 8.57. The van der Waals surface area contributed by atoms with Gasteiger partial charge in [-0.2, -0.15) is 13.2 Å². The van der Waals surface area contributed by atoms with Crippen molar-refractivity contribution in [2.24, 2.45) is 5.92 Å². The summed E-state index contributed by atoms with van der Waals surface area (Å²) in [4.78, 5) is 31.0. The molecule has 0 spiro atoms. The van der Waals surface area contributed by atoms with E-state index in [4.69, 9.17) is 9.47 Å². The van der Waals surface area contributed by atoms with Crippen LogP contribution in [0.1, 0.15) is 61.5 Å². The number of aliphatic hydroxyl groups excluding tert-OH is 1. The van der Waals surface area contributed by atoms with Crippen LogP contribution in [0.3, 0.4) is 0 Å². The zero-order valence-corrected chi connectivity index (χ0v) is 28.5. The van der Waals surface area contributed by atoms with Crippen LogP contribution in [-0.4, -0.2) is 78.4 Å². The van der Waals surface area contributed by atoms with Crippen LogP contribution >= 0.6 is 0 Å². The molecule has 12 heteroatoms. The summed E-state index contributed by atoms with van der Waals surface area (Å²) >= 11 is 0. The maximum Gasteiger partial charge on any atom is 0.416 e. The number of hydrogen-bond donors (Lipinski definition) is 3. The van der Waals surface area contributed by atoms with Gasteiger partial charge in [-0.25, -0.2) is 4.79 Å². The smallest absolute Gasteiger partial charge is 0.416 e. The Kier molecular flexibility index (Phi) is 13.5. The molecule has 1 aliphatic rings. The molecule has 266 valence electrons. The van der Waals surface area contributed by atoms with Gasteiger partial charge in [0.1, 0.15) is 5.75 Å². The van der Waals surface area contributed by atoms with Gasteiger partial charge in [0.2, 0.25) is 0 Å². The van der Waals surface area contributed by atoms with E-state index in [1.165, 1.54) is 11.6 Å². The third-order valence-electron chi connectivity index (χ3n) is 8.57. The second kappa shape index (κ2) is 17.5. The number of carbonyl (C=O) groups is 2. The van der Waals surface area contributed by atoms with Gasteiger partial charge in [0.15, 0.2) is 0 Å². The molecule has 3 aromatic carbocycles. The second-order valence-electron chi connectivity index (χ2n) is 12.8. The lowest BCUT2D eigenvalue weighted by atomic mass is 10.0. The van der Waals surface area contributed by atoms with Crippen molar-refractivity contribution in [3.8, 4) is 5.75 Å². The fraction of sp³-hybridized carbons (Fsp3) is 0.459. The summed E-state index contributed by atoms with van der Waals surface area (Å²) in [5.41, 5.74) is 1.02. The lowest BCUT2D eigenvalue weighted by Gasteiger charge is -2.36. The molecular weight excluding hydrogens is 637 g/mol. The highest BCUT2D eigenvalue weighted by Crippen LogP contribution is 2.31. The number of fused-ring (bicyclic) bond motifs is 1. The minimum Gasteiger partial charge on any atom is -0.490 e. The molecule has 0 unspecified atom stereocenters. The average molecular weight is 685 g/mol. The van der Waals surface area contributed by atoms with Crippen LogP contribution in [-0.2, 0) is 17.5 Å². The number of urea groups is 1. The average Bonchev–Trinajstić information content (AvgIpc) is 3.06. The number of aliphatic hydroxyl groups is 1. The molecule has 3 N–H and O–H groups in total. The number of nitrogens with zero attached hydrogens (tertiary/aromatic N) is 2. The molecule has 0 aromatic heterocycles. The van der Waals surface area contributed by atoms with Crippen LogP contribution in [0.5, 0.6) is 5.75 Å². The lowest BCUT2D eigenvalue weighted by molar-refractivity contribution is -0.137. The number of halogens is 3. The van der Waals surface area contributed by atoms with E-state index in [0.717, 1.165) is 50.1 Å². The highest BCUT2D eigenvalue weighted by molar-refractivity contribution is 6.02.